The van der Waals surface area contributed by atoms with Crippen LogP contribution in [0.5, 0.6) is 0 Å². The first-order valence-corrected chi connectivity index (χ1v) is 25.3. The van der Waals surface area contributed by atoms with Crippen molar-refractivity contribution in [2.24, 2.45) is 5.73 Å². The quantitative estimate of drug-likeness (QED) is 0.103. The average molecular weight is 1090 g/mol. The van der Waals surface area contributed by atoms with Gasteiger partial charge in [-0.25, -0.2) is 61.3 Å². The lowest BCUT2D eigenvalue weighted by molar-refractivity contribution is -0.140. The molecule has 1 saturated carbocycles. The van der Waals surface area contributed by atoms with Gasteiger partial charge in [0.2, 0.25) is 31.9 Å². The summed E-state index contributed by atoms with van der Waals surface area (Å²) in [7, 11) is -8.37. The Bertz CT molecular complexity index is 2730. The normalized spacial score (nSPS) is 22.5. The van der Waals surface area contributed by atoms with Gasteiger partial charge in [-0.05, 0) is 91.4 Å². The number of ketones is 1. The molecule has 0 bridgehead atoms. The maximum atomic E-state index is 14.3. The van der Waals surface area contributed by atoms with E-state index in [-0.39, 0.29) is 92.0 Å². The van der Waals surface area contributed by atoms with Crippen molar-refractivity contribution in [1.29, 1.82) is 0 Å². The first kappa shape index (κ1) is 57.9. The van der Waals surface area contributed by atoms with Gasteiger partial charge in [0, 0.05) is 95.1 Å². The van der Waals surface area contributed by atoms with Gasteiger partial charge in [0.25, 0.3) is 5.92 Å². The van der Waals surface area contributed by atoms with Crippen LogP contribution in [-0.2, 0) is 42.6 Å². The largest absolute Gasteiger partial charge is 0.480 e. The first-order chi connectivity index (χ1) is 33.3. The van der Waals surface area contributed by atoms with Crippen LogP contribution in [0.15, 0.2) is 82.8 Å². The van der Waals surface area contributed by atoms with Crippen LogP contribution in [0.4, 0.5) is 49.6 Å². The molecule has 1 aliphatic carbocycles. The summed E-state index contributed by atoms with van der Waals surface area (Å²) in [6.45, 7) is -0.764. The number of nitrogens with two attached hydrogens (primary N) is 1. The molecule has 3 aliphatic heterocycles. The van der Waals surface area contributed by atoms with Gasteiger partial charge in [0.1, 0.15) is 30.0 Å². The second-order valence-electron chi connectivity index (χ2n) is 17.6. The first-order valence-electron chi connectivity index (χ1n) is 22.4. The average Bonchev–Trinajstić information content (AvgIpc) is 3.93. The number of Topliss-reactive ketones (excluding diaryl/α,β-unsaturated/α-hetero) is 1. The molecule has 72 heavy (non-hydrogen) atoms. The second kappa shape index (κ2) is 23.9. The third kappa shape index (κ3) is 14.4. The standard InChI is InChI=1S/C23H24F5N3O3S.C12H15F3N2.C11H11F2NO4S.ClH/c24-15-1-4-18(5-2-15)35(33,34)31-14-16(25)11-21(31)22(32)6-3-17-12-20(19(26)13-29-17)30-9-7-23(27,28)8-10-30;13-11-10(5-8(6-16)7-17-11)9-1-3-12(14,15)4-2-9;12-7-1-3-9(4-2-7)19(17,18)14-6-8(13)5-10(14)11(15)16;/h1-2,4-5,12-13,16,21H,3,6-11,14H2;5,7,9H,1-4,6,16H2;1-4,8,10H,5-6H2,(H,15,16);1H/t16-,21+;;8-,10+;/m1.1./s1. The predicted molar refractivity (Wildman–Crippen MR) is 244 cm³/mol. The van der Waals surface area contributed by atoms with E-state index in [4.69, 9.17) is 10.8 Å². The zero-order valence-corrected chi connectivity index (χ0v) is 40.6. The zero-order chi connectivity index (χ0) is 52.1. The van der Waals surface area contributed by atoms with Gasteiger partial charge in [0.15, 0.2) is 11.6 Å². The van der Waals surface area contributed by atoms with E-state index < -0.39 is 117 Å². The van der Waals surface area contributed by atoms with Crippen molar-refractivity contribution in [2.45, 2.75) is 123 Å². The number of hydrogen-bond acceptors (Lipinski definition) is 10. The fourth-order valence-electron chi connectivity index (χ4n) is 8.65. The van der Waals surface area contributed by atoms with E-state index >= 15 is 0 Å². The molecule has 396 valence electrons. The Morgan fingerprint density at radius 1 is 0.708 bits per heavy atom. The molecule has 4 fully saturated rings. The number of hydrogen-bond donors (Lipinski definition) is 2. The van der Waals surface area contributed by atoms with E-state index in [1.807, 2.05) is 0 Å². The van der Waals surface area contributed by atoms with Crippen LogP contribution in [0.2, 0.25) is 0 Å². The van der Waals surface area contributed by atoms with Crippen LogP contribution in [0.1, 0.15) is 80.5 Å². The molecule has 26 heteroatoms. The summed E-state index contributed by atoms with van der Waals surface area (Å²) >= 11 is 0. The third-order valence-electron chi connectivity index (χ3n) is 12.6. The summed E-state index contributed by atoms with van der Waals surface area (Å²) in [5.74, 6) is -9.93. The molecule has 5 heterocycles. The van der Waals surface area contributed by atoms with Gasteiger partial charge in [-0.1, -0.05) is 0 Å². The van der Waals surface area contributed by atoms with Crippen LogP contribution in [0.25, 0.3) is 0 Å². The predicted octanol–water partition coefficient (Wildman–Crippen LogP) is 8.30. The van der Waals surface area contributed by atoms with Gasteiger partial charge >= 0.3 is 5.97 Å². The maximum Gasteiger partial charge on any atom is 0.322 e. The van der Waals surface area contributed by atoms with Gasteiger partial charge in [-0.15, -0.1) is 12.4 Å². The highest BCUT2D eigenvalue weighted by Crippen LogP contribution is 2.41. The van der Waals surface area contributed by atoms with Crippen molar-refractivity contribution in [3.05, 3.63) is 113 Å². The number of anilines is 1. The molecule has 4 atom stereocenters. The van der Waals surface area contributed by atoms with E-state index in [9.17, 15) is 70.3 Å². The highest BCUT2D eigenvalue weighted by molar-refractivity contribution is 7.89. The van der Waals surface area contributed by atoms with Crippen LogP contribution >= 0.6 is 12.4 Å². The molecule has 4 aliphatic rings. The van der Waals surface area contributed by atoms with Gasteiger partial charge < -0.3 is 15.7 Å². The fourth-order valence-corrected chi connectivity index (χ4v) is 11.9. The Morgan fingerprint density at radius 2 is 1.19 bits per heavy atom. The van der Waals surface area contributed by atoms with Crippen molar-refractivity contribution in [3.63, 3.8) is 0 Å². The number of halogens is 11. The van der Waals surface area contributed by atoms with Gasteiger partial charge in [-0.3, -0.25) is 14.6 Å². The van der Waals surface area contributed by atoms with Crippen molar-refractivity contribution < 1.29 is 75.4 Å². The number of carboxylic acid groups (broad SMARTS) is 1. The molecule has 8 rings (SSSR count). The SMILES string of the molecule is Cl.NCc1cnc(F)c(C2CCC(F)(F)CC2)c1.O=C(CCc1cc(N2CCC(F)(F)CC2)c(F)cn1)[C@@H]1C[C@@H](F)CN1S(=O)(=O)c1ccc(F)cc1.O=C(O)[C@@H]1C[C@@H](F)CN1S(=O)(=O)c1ccc(F)cc1. The molecular weight excluding hydrogens is 1040 g/mol. The minimum atomic E-state index is -4.23. The number of benzene rings is 2. The number of aromatic nitrogens is 2. The molecule has 0 spiro atoms. The number of carboxylic acids is 1. The van der Waals surface area contributed by atoms with E-state index in [0.717, 1.165) is 64.6 Å². The van der Waals surface area contributed by atoms with Crippen LogP contribution < -0.4 is 10.6 Å². The van der Waals surface area contributed by atoms with E-state index in [0.29, 0.717) is 28.4 Å². The summed E-state index contributed by atoms with van der Waals surface area (Å²) in [6.07, 6.45) is -2.07. The molecule has 0 amide bonds. The van der Waals surface area contributed by atoms with Crippen LogP contribution in [0, 0.1) is 23.4 Å². The van der Waals surface area contributed by atoms with E-state index in [2.05, 4.69) is 9.97 Å². The lowest BCUT2D eigenvalue weighted by Gasteiger charge is -2.33. The maximum absolute atomic E-state index is 14.3. The molecule has 13 nitrogen and oxygen atoms in total. The highest BCUT2D eigenvalue weighted by atomic mass is 35.5. The Balaban J connectivity index is 0.000000219. The smallest absolute Gasteiger partial charge is 0.322 e. The molecule has 4 aromatic rings. The minimum Gasteiger partial charge on any atom is -0.480 e. The zero-order valence-electron chi connectivity index (χ0n) is 38.1. The van der Waals surface area contributed by atoms with Crippen molar-refractivity contribution in [1.82, 2.24) is 18.6 Å². The van der Waals surface area contributed by atoms with Crippen LogP contribution in [-0.4, -0.2) is 115 Å². The second-order valence-corrected chi connectivity index (χ2v) is 21.4. The summed E-state index contributed by atoms with van der Waals surface area (Å²) < 4.78 is 186. The molecule has 3 saturated heterocycles. The van der Waals surface area contributed by atoms with E-state index in [1.165, 1.54) is 17.2 Å². The Morgan fingerprint density at radius 3 is 1.69 bits per heavy atom. The lowest BCUT2D eigenvalue weighted by Crippen LogP contribution is -2.40. The third-order valence-corrected chi connectivity index (χ3v) is 16.4. The summed E-state index contributed by atoms with van der Waals surface area (Å²) in [4.78, 5) is 32.4. The Kier molecular flexibility index (Phi) is 19.3. The number of piperidine rings is 1. The summed E-state index contributed by atoms with van der Waals surface area (Å²) in [6, 6.07) is 8.37. The number of pyridine rings is 2. The Hall–Kier alpha value is -4.95. The number of alkyl halides is 6. The molecule has 2 aromatic heterocycles. The van der Waals surface area contributed by atoms with Gasteiger partial charge in [0.05, 0.1) is 27.7 Å². The van der Waals surface area contributed by atoms with Crippen molar-refractivity contribution in [2.75, 3.05) is 31.1 Å². The molecular formula is C46H51ClF10N6O7S2. The van der Waals surface area contributed by atoms with E-state index in [1.54, 1.807) is 6.07 Å². The van der Waals surface area contributed by atoms with Crippen LogP contribution in [0.3, 0.4) is 0 Å². The monoisotopic (exact) mass is 1090 g/mol. The molecule has 3 N–H and O–H groups in total. The summed E-state index contributed by atoms with van der Waals surface area (Å²) in [5.41, 5.74) is 7.07. The number of aryl methyl sites for hydroxylation is 1. The topological polar surface area (TPSA) is 184 Å². The number of sulfonamides is 2. The number of carbonyl (C=O) groups excluding carboxylic acids is 1. The van der Waals surface area contributed by atoms with Crippen molar-refractivity contribution >= 4 is 49.9 Å². The number of aliphatic carboxylic acids is 1. The van der Waals surface area contributed by atoms with Gasteiger partial charge in [-0.2, -0.15) is 13.0 Å². The molecule has 0 unspecified atom stereocenters. The highest BCUT2D eigenvalue weighted by Gasteiger charge is 2.45. The minimum absolute atomic E-state index is 0. The molecule has 0 radical (unpaired) electrons. The van der Waals surface area contributed by atoms with Crippen molar-refractivity contribution in [3.8, 4) is 0 Å². The molecule has 2 aromatic carbocycles. The lowest BCUT2D eigenvalue weighted by atomic mass is 9.82. The fraction of sp³-hybridized carbons (Fsp3) is 0.478. The number of nitrogens with zero attached hydrogens (tertiary/aromatic N) is 5. The number of rotatable bonds is 12. The summed E-state index contributed by atoms with van der Waals surface area (Å²) in [5, 5.41) is 8.92. The Labute approximate surface area is 415 Å². The number of carbonyl (C=O) groups is 2.